The number of alkyl carbamates (subject to hydrolysis) is 1. The zero-order valence-electron chi connectivity index (χ0n) is 13.9. The molecule has 0 unspecified atom stereocenters. The van der Waals surface area contributed by atoms with Crippen molar-refractivity contribution in [2.75, 3.05) is 13.7 Å². The fourth-order valence-electron chi connectivity index (χ4n) is 2.04. The van der Waals surface area contributed by atoms with Crippen molar-refractivity contribution in [2.45, 2.75) is 71.8 Å². The van der Waals surface area contributed by atoms with Crippen molar-refractivity contribution < 1.29 is 19.1 Å². The molecular formula is C16H31NO4. The van der Waals surface area contributed by atoms with Crippen molar-refractivity contribution in [1.29, 1.82) is 0 Å². The fraction of sp³-hybridized carbons (Fsp3) is 0.875. The van der Waals surface area contributed by atoms with Crippen molar-refractivity contribution in [3.63, 3.8) is 0 Å². The number of hydrogen-bond donors (Lipinski definition) is 1. The molecule has 5 heteroatoms. The number of ether oxygens (including phenoxy) is 2. The SMILES string of the molecule is CCCCCCCCOC(=O)[C@H](CC(C)C)NC(=O)OC. The van der Waals surface area contributed by atoms with E-state index in [0.29, 0.717) is 13.0 Å². The highest BCUT2D eigenvalue weighted by Gasteiger charge is 2.23. The highest BCUT2D eigenvalue weighted by molar-refractivity contribution is 5.81. The van der Waals surface area contributed by atoms with Gasteiger partial charge in [-0.25, -0.2) is 9.59 Å². The minimum atomic E-state index is -0.627. The summed E-state index contributed by atoms with van der Waals surface area (Å²) in [7, 11) is 1.28. The normalized spacial score (nSPS) is 12.0. The molecule has 124 valence electrons. The molecule has 0 heterocycles. The summed E-state index contributed by atoms with van der Waals surface area (Å²) >= 11 is 0. The summed E-state index contributed by atoms with van der Waals surface area (Å²) in [5.41, 5.74) is 0. The van der Waals surface area contributed by atoms with E-state index in [1.807, 2.05) is 13.8 Å². The molecule has 0 aromatic rings. The van der Waals surface area contributed by atoms with Crippen LogP contribution in [0.4, 0.5) is 4.79 Å². The molecule has 1 amide bonds. The topological polar surface area (TPSA) is 64.6 Å². The van der Waals surface area contributed by atoms with E-state index in [9.17, 15) is 9.59 Å². The van der Waals surface area contributed by atoms with Gasteiger partial charge in [0, 0.05) is 0 Å². The predicted molar refractivity (Wildman–Crippen MR) is 83.1 cm³/mol. The minimum absolute atomic E-state index is 0.286. The van der Waals surface area contributed by atoms with Gasteiger partial charge >= 0.3 is 12.1 Å². The van der Waals surface area contributed by atoms with Gasteiger partial charge in [0.05, 0.1) is 13.7 Å². The lowest BCUT2D eigenvalue weighted by molar-refractivity contribution is -0.146. The maximum atomic E-state index is 12.0. The van der Waals surface area contributed by atoms with Gasteiger partial charge in [-0.15, -0.1) is 0 Å². The Morgan fingerprint density at radius 1 is 1.05 bits per heavy atom. The summed E-state index contributed by atoms with van der Waals surface area (Å²) in [5, 5.41) is 2.53. The van der Waals surface area contributed by atoms with Gasteiger partial charge in [0.15, 0.2) is 0 Å². The number of carbonyl (C=O) groups excluding carboxylic acids is 2. The zero-order valence-corrected chi connectivity index (χ0v) is 13.9. The average molecular weight is 301 g/mol. The lowest BCUT2D eigenvalue weighted by atomic mass is 10.0. The Hall–Kier alpha value is -1.26. The van der Waals surface area contributed by atoms with Crippen LogP contribution in [0.25, 0.3) is 0 Å². The molecule has 0 fully saturated rings. The van der Waals surface area contributed by atoms with Gasteiger partial charge in [-0.1, -0.05) is 52.9 Å². The van der Waals surface area contributed by atoms with E-state index in [1.165, 1.54) is 32.8 Å². The van der Waals surface area contributed by atoms with Crippen LogP contribution in [-0.2, 0) is 14.3 Å². The maximum absolute atomic E-state index is 12.0. The number of hydrogen-bond acceptors (Lipinski definition) is 4. The Balaban J connectivity index is 3.96. The van der Waals surface area contributed by atoms with Crippen LogP contribution in [0.1, 0.15) is 65.7 Å². The third-order valence-corrected chi connectivity index (χ3v) is 3.21. The lowest BCUT2D eigenvalue weighted by Gasteiger charge is -2.18. The van der Waals surface area contributed by atoms with E-state index >= 15 is 0 Å². The van der Waals surface area contributed by atoms with Crippen molar-refractivity contribution >= 4 is 12.1 Å². The summed E-state index contributed by atoms with van der Waals surface area (Å²) in [4.78, 5) is 23.2. The lowest BCUT2D eigenvalue weighted by Crippen LogP contribution is -2.42. The molecule has 0 aromatic heterocycles. The van der Waals surface area contributed by atoms with Crippen molar-refractivity contribution in [2.24, 2.45) is 5.92 Å². The van der Waals surface area contributed by atoms with E-state index < -0.39 is 12.1 Å². The van der Waals surface area contributed by atoms with Crippen LogP contribution in [0.2, 0.25) is 0 Å². The van der Waals surface area contributed by atoms with Gasteiger partial charge in [0.2, 0.25) is 0 Å². The van der Waals surface area contributed by atoms with Crippen LogP contribution in [0.5, 0.6) is 0 Å². The van der Waals surface area contributed by atoms with Gasteiger partial charge in [-0.2, -0.15) is 0 Å². The molecule has 0 aromatic carbocycles. The largest absolute Gasteiger partial charge is 0.464 e. The van der Waals surface area contributed by atoms with E-state index in [2.05, 4.69) is 17.0 Å². The number of nitrogens with one attached hydrogen (secondary N) is 1. The van der Waals surface area contributed by atoms with E-state index in [0.717, 1.165) is 12.8 Å². The van der Waals surface area contributed by atoms with Crippen molar-refractivity contribution in [3.05, 3.63) is 0 Å². The molecule has 0 bridgehead atoms. The minimum Gasteiger partial charge on any atom is -0.464 e. The summed E-state index contributed by atoms with van der Waals surface area (Å²) in [6.07, 6.45) is 6.81. The highest BCUT2D eigenvalue weighted by atomic mass is 16.5. The standard InChI is InChI=1S/C16H31NO4/c1-5-6-7-8-9-10-11-21-15(18)14(12-13(2)3)17-16(19)20-4/h13-14H,5-12H2,1-4H3,(H,17,19)/t14-/m0/s1. The molecule has 0 radical (unpaired) electrons. The number of amides is 1. The molecule has 0 aliphatic carbocycles. The van der Waals surface area contributed by atoms with Gasteiger partial charge in [0.25, 0.3) is 0 Å². The number of rotatable bonds is 11. The summed E-state index contributed by atoms with van der Waals surface area (Å²) in [6, 6.07) is -0.627. The Morgan fingerprint density at radius 2 is 1.67 bits per heavy atom. The van der Waals surface area contributed by atoms with Crippen LogP contribution in [-0.4, -0.2) is 31.8 Å². The van der Waals surface area contributed by atoms with Crippen molar-refractivity contribution in [3.8, 4) is 0 Å². The van der Waals surface area contributed by atoms with E-state index in [-0.39, 0.29) is 11.9 Å². The molecule has 1 atom stereocenters. The second-order valence-corrected chi connectivity index (χ2v) is 5.75. The molecular weight excluding hydrogens is 270 g/mol. The molecule has 0 rings (SSSR count). The number of carbonyl (C=O) groups is 2. The third-order valence-electron chi connectivity index (χ3n) is 3.21. The second-order valence-electron chi connectivity index (χ2n) is 5.75. The second kappa shape index (κ2) is 12.5. The first-order chi connectivity index (χ1) is 10.0. The highest BCUT2D eigenvalue weighted by Crippen LogP contribution is 2.08. The first kappa shape index (κ1) is 19.7. The smallest absolute Gasteiger partial charge is 0.407 e. The quantitative estimate of drug-likeness (QED) is 0.467. The van der Waals surface area contributed by atoms with Gasteiger partial charge in [-0.3, -0.25) is 0 Å². The van der Waals surface area contributed by atoms with Gasteiger partial charge in [-0.05, 0) is 18.8 Å². The summed E-state index contributed by atoms with van der Waals surface area (Å²) < 4.78 is 9.78. The zero-order chi connectivity index (χ0) is 16.1. The third kappa shape index (κ3) is 11.1. The first-order valence-electron chi connectivity index (χ1n) is 8.02. The first-order valence-corrected chi connectivity index (χ1v) is 8.02. The fourth-order valence-corrected chi connectivity index (χ4v) is 2.04. The molecule has 5 nitrogen and oxygen atoms in total. The Bertz CT molecular complexity index is 292. The Kier molecular flexibility index (Phi) is 11.7. The number of unbranched alkanes of at least 4 members (excludes halogenated alkanes) is 5. The van der Waals surface area contributed by atoms with Crippen LogP contribution >= 0.6 is 0 Å². The average Bonchev–Trinajstić information content (AvgIpc) is 2.44. The Labute approximate surface area is 128 Å². The molecule has 0 aliphatic rings. The molecule has 0 saturated carbocycles. The molecule has 0 spiro atoms. The predicted octanol–water partition coefficient (Wildman–Crippen LogP) is 3.66. The van der Waals surface area contributed by atoms with E-state index in [4.69, 9.17) is 4.74 Å². The van der Waals surface area contributed by atoms with Crippen LogP contribution in [0.15, 0.2) is 0 Å². The Morgan fingerprint density at radius 3 is 2.24 bits per heavy atom. The number of esters is 1. The van der Waals surface area contributed by atoms with Gasteiger partial charge in [0.1, 0.15) is 6.04 Å². The molecule has 21 heavy (non-hydrogen) atoms. The molecule has 0 saturated heterocycles. The summed E-state index contributed by atoms with van der Waals surface area (Å²) in [5.74, 6) is -0.0867. The van der Waals surface area contributed by atoms with Crippen LogP contribution in [0.3, 0.4) is 0 Å². The van der Waals surface area contributed by atoms with E-state index in [1.54, 1.807) is 0 Å². The van der Waals surface area contributed by atoms with Crippen molar-refractivity contribution in [1.82, 2.24) is 5.32 Å². The molecule has 0 aliphatic heterocycles. The van der Waals surface area contributed by atoms with Crippen LogP contribution < -0.4 is 5.32 Å². The van der Waals surface area contributed by atoms with Gasteiger partial charge < -0.3 is 14.8 Å². The monoisotopic (exact) mass is 301 g/mol. The van der Waals surface area contributed by atoms with Crippen LogP contribution in [0, 0.1) is 5.92 Å². The number of methoxy groups -OCH3 is 1. The maximum Gasteiger partial charge on any atom is 0.407 e. The molecule has 1 N–H and O–H groups in total. The summed E-state index contributed by atoms with van der Waals surface area (Å²) in [6.45, 7) is 6.59.